The number of carbonyl (C=O) groups is 1. The molecule has 0 saturated heterocycles. The molecule has 9 nitrogen and oxygen atoms in total. The van der Waals surface area contributed by atoms with Gasteiger partial charge in [0.25, 0.3) is 5.89 Å². The highest BCUT2D eigenvalue weighted by atomic mass is 35.5. The Balaban J connectivity index is 1.31. The van der Waals surface area contributed by atoms with Crippen molar-refractivity contribution in [3.8, 4) is 17.3 Å². The third kappa shape index (κ3) is 5.50. The Morgan fingerprint density at radius 3 is 2.36 bits per heavy atom. The van der Waals surface area contributed by atoms with Gasteiger partial charge in [-0.25, -0.2) is 13.4 Å². The Kier molecular flexibility index (Phi) is 7.37. The van der Waals surface area contributed by atoms with E-state index >= 15 is 0 Å². The zero-order valence-corrected chi connectivity index (χ0v) is 23.4. The van der Waals surface area contributed by atoms with Gasteiger partial charge < -0.3 is 14.6 Å². The quantitative estimate of drug-likeness (QED) is 0.272. The van der Waals surface area contributed by atoms with Gasteiger partial charge in [0.15, 0.2) is 15.7 Å². The van der Waals surface area contributed by atoms with Gasteiger partial charge in [-0.05, 0) is 48.7 Å². The van der Waals surface area contributed by atoms with E-state index in [1.54, 1.807) is 49.5 Å². The summed E-state index contributed by atoms with van der Waals surface area (Å²) in [5.74, 6) is 0.992. The number of sulfone groups is 1. The molecule has 1 N–H and O–H groups in total. The van der Waals surface area contributed by atoms with Crippen LogP contribution in [-0.2, 0) is 26.5 Å². The Labute approximate surface area is 235 Å². The van der Waals surface area contributed by atoms with Gasteiger partial charge in [0.1, 0.15) is 0 Å². The summed E-state index contributed by atoms with van der Waals surface area (Å²) in [6, 6.07) is 13.0. The molecule has 2 aromatic heterocycles. The van der Waals surface area contributed by atoms with Crippen molar-refractivity contribution in [1.82, 2.24) is 15.1 Å². The van der Waals surface area contributed by atoms with E-state index < -0.39 is 15.3 Å². The average molecular weight is 587 g/mol. The molecule has 202 valence electrons. The number of rotatable bonds is 9. The second kappa shape index (κ2) is 10.6. The maximum Gasteiger partial charge on any atom is 0.259 e. The van der Waals surface area contributed by atoms with Gasteiger partial charge in [-0.3, -0.25) is 4.79 Å². The highest BCUT2D eigenvalue weighted by molar-refractivity contribution is 7.91. The van der Waals surface area contributed by atoms with E-state index in [-0.39, 0.29) is 23.0 Å². The predicted octanol–water partition coefficient (Wildman–Crippen LogP) is 5.50. The Bertz CT molecular complexity index is 1610. The number of benzene rings is 2. The van der Waals surface area contributed by atoms with Gasteiger partial charge in [0.05, 0.1) is 35.2 Å². The predicted molar refractivity (Wildman–Crippen MR) is 147 cm³/mol. The molecule has 1 saturated carbocycles. The summed E-state index contributed by atoms with van der Waals surface area (Å²) in [4.78, 5) is 21.7. The standard InChI is InChI=1S/C27H24Cl2N4O5S/c1-3-39(35,36)19-7-4-16(5-8-19)12-22(34)31-18-13-20(28)24(21(29)14-18)27(10-11-27)26-32-25(38-33-26)17-6-9-23(37-2)30-15-17/h4-9,13-15H,3,10-12H2,1-2H3,(H,31,34). The first-order chi connectivity index (χ1) is 18.6. The minimum absolute atomic E-state index is 0.0136. The van der Waals surface area contributed by atoms with E-state index in [4.69, 9.17) is 32.5 Å². The molecule has 1 amide bonds. The van der Waals surface area contributed by atoms with Crippen molar-refractivity contribution in [2.75, 3.05) is 18.2 Å². The molecule has 0 spiro atoms. The number of nitrogens with zero attached hydrogens (tertiary/aromatic N) is 3. The lowest BCUT2D eigenvalue weighted by atomic mass is 9.94. The summed E-state index contributed by atoms with van der Waals surface area (Å²) >= 11 is 13.4. The van der Waals surface area contributed by atoms with Crippen LogP contribution < -0.4 is 10.1 Å². The van der Waals surface area contributed by atoms with Crippen molar-refractivity contribution in [3.63, 3.8) is 0 Å². The molecule has 1 aliphatic rings. The maximum absolute atomic E-state index is 12.7. The Morgan fingerprint density at radius 1 is 1.10 bits per heavy atom. The van der Waals surface area contributed by atoms with Crippen molar-refractivity contribution in [1.29, 1.82) is 0 Å². The topological polar surface area (TPSA) is 124 Å². The Hall–Kier alpha value is -3.47. The van der Waals surface area contributed by atoms with Crippen LogP contribution in [0.25, 0.3) is 11.5 Å². The average Bonchev–Trinajstić information content (AvgIpc) is 3.54. The molecular formula is C27H24Cl2N4O5S. The summed E-state index contributed by atoms with van der Waals surface area (Å²) in [5.41, 5.74) is 1.86. The summed E-state index contributed by atoms with van der Waals surface area (Å²) < 4.78 is 34.6. The number of methoxy groups -OCH3 is 1. The molecule has 0 aliphatic heterocycles. The number of halogens is 2. The smallest absolute Gasteiger partial charge is 0.259 e. The fourth-order valence-electron chi connectivity index (χ4n) is 4.35. The molecule has 1 fully saturated rings. The van der Waals surface area contributed by atoms with Gasteiger partial charge in [-0.15, -0.1) is 0 Å². The van der Waals surface area contributed by atoms with E-state index in [1.807, 2.05) is 0 Å². The molecule has 0 radical (unpaired) electrons. The van der Waals surface area contributed by atoms with Crippen LogP contribution in [0.4, 0.5) is 5.69 Å². The Morgan fingerprint density at radius 2 is 1.79 bits per heavy atom. The van der Waals surface area contributed by atoms with E-state index in [9.17, 15) is 13.2 Å². The normalized spacial score (nSPS) is 14.2. The van der Waals surface area contributed by atoms with Gasteiger partial charge in [-0.1, -0.05) is 47.4 Å². The van der Waals surface area contributed by atoms with E-state index in [1.165, 1.54) is 19.2 Å². The SMILES string of the molecule is CCS(=O)(=O)c1ccc(CC(=O)Nc2cc(Cl)c(C3(c4noc(-c5ccc(OC)nc5)n4)CC3)c(Cl)c2)cc1. The second-order valence-electron chi connectivity index (χ2n) is 9.18. The van der Waals surface area contributed by atoms with Crippen LogP contribution >= 0.6 is 23.2 Å². The third-order valence-corrected chi connectivity index (χ3v) is 8.97. The molecule has 12 heteroatoms. The first-order valence-corrected chi connectivity index (χ1v) is 14.5. The van der Waals surface area contributed by atoms with Crippen molar-refractivity contribution < 1.29 is 22.5 Å². The summed E-state index contributed by atoms with van der Waals surface area (Å²) in [5, 5.41) is 7.76. The third-order valence-electron chi connectivity index (χ3n) is 6.63. The number of ether oxygens (including phenoxy) is 1. The van der Waals surface area contributed by atoms with Crippen LogP contribution in [0.5, 0.6) is 5.88 Å². The molecular weight excluding hydrogens is 563 g/mol. The van der Waals surface area contributed by atoms with Crippen molar-refractivity contribution in [2.24, 2.45) is 0 Å². The fraction of sp³-hybridized carbons (Fsp3) is 0.259. The van der Waals surface area contributed by atoms with Gasteiger partial charge in [0.2, 0.25) is 11.8 Å². The summed E-state index contributed by atoms with van der Waals surface area (Å²) in [6.45, 7) is 1.59. The number of hydrogen-bond donors (Lipinski definition) is 1. The number of aromatic nitrogens is 3. The van der Waals surface area contributed by atoms with Crippen LogP contribution in [-0.4, -0.2) is 42.3 Å². The molecule has 2 aromatic carbocycles. The number of anilines is 1. The number of amides is 1. The lowest BCUT2D eigenvalue weighted by Gasteiger charge is -2.17. The summed E-state index contributed by atoms with van der Waals surface area (Å²) in [7, 11) is -1.76. The van der Waals surface area contributed by atoms with Gasteiger partial charge >= 0.3 is 0 Å². The molecule has 2 heterocycles. The van der Waals surface area contributed by atoms with Crippen LogP contribution in [0.3, 0.4) is 0 Å². The van der Waals surface area contributed by atoms with Crippen molar-refractivity contribution >= 4 is 44.6 Å². The van der Waals surface area contributed by atoms with Crippen LogP contribution in [0.2, 0.25) is 10.0 Å². The van der Waals surface area contributed by atoms with Gasteiger partial charge in [-0.2, -0.15) is 4.98 Å². The van der Waals surface area contributed by atoms with E-state index in [0.717, 1.165) is 12.8 Å². The summed E-state index contributed by atoms with van der Waals surface area (Å²) in [6.07, 6.45) is 3.12. The molecule has 1 aliphatic carbocycles. The molecule has 0 bridgehead atoms. The molecule has 0 atom stereocenters. The van der Waals surface area contributed by atoms with E-state index in [2.05, 4.69) is 20.4 Å². The molecule has 0 unspecified atom stereocenters. The van der Waals surface area contributed by atoms with Crippen molar-refractivity contribution in [3.05, 3.63) is 81.7 Å². The van der Waals surface area contributed by atoms with E-state index in [0.29, 0.717) is 50.0 Å². The fourth-order valence-corrected chi connectivity index (χ4v) is 6.08. The molecule has 5 rings (SSSR count). The first kappa shape index (κ1) is 27.1. The van der Waals surface area contributed by atoms with Gasteiger partial charge in [0, 0.05) is 33.6 Å². The zero-order chi connectivity index (χ0) is 27.8. The molecule has 39 heavy (non-hydrogen) atoms. The van der Waals surface area contributed by atoms with Crippen LogP contribution in [0, 0.1) is 0 Å². The number of carbonyl (C=O) groups excluding carboxylic acids is 1. The lowest BCUT2D eigenvalue weighted by molar-refractivity contribution is -0.115. The van der Waals surface area contributed by atoms with Crippen molar-refractivity contribution in [2.45, 2.75) is 36.5 Å². The highest BCUT2D eigenvalue weighted by Gasteiger charge is 2.52. The first-order valence-electron chi connectivity index (χ1n) is 12.1. The number of hydrogen-bond acceptors (Lipinski definition) is 8. The minimum Gasteiger partial charge on any atom is -0.481 e. The van der Waals surface area contributed by atoms with Crippen LogP contribution in [0.15, 0.2) is 64.1 Å². The molecule has 4 aromatic rings. The second-order valence-corrected chi connectivity index (χ2v) is 12.3. The monoisotopic (exact) mass is 586 g/mol. The largest absolute Gasteiger partial charge is 0.481 e. The zero-order valence-electron chi connectivity index (χ0n) is 21.1. The van der Waals surface area contributed by atoms with Crippen LogP contribution in [0.1, 0.15) is 36.7 Å². The lowest BCUT2D eigenvalue weighted by Crippen LogP contribution is -2.16. The highest BCUT2D eigenvalue weighted by Crippen LogP contribution is 2.57. The number of pyridine rings is 1. The minimum atomic E-state index is -3.30. The number of nitrogens with one attached hydrogen (secondary N) is 1. The maximum atomic E-state index is 12.7.